The number of benzene rings is 2. The summed E-state index contributed by atoms with van der Waals surface area (Å²) in [6.07, 6.45) is 1.81. The van der Waals surface area contributed by atoms with Crippen LogP contribution in [0.5, 0.6) is 5.75 Å². The van der Waals surface area contributed by atoms with Gasteiger partial charge in [0.15, 0.2) is 11.6 Å². The number of nitrogens with one attached hydrogen (secondary N) is 1. The lowest BCUT2D eigenvalue weighted by molar-refractivity contribution is -0.117. The second-order valence-electron chi connectivity index (χ2n) is 6.62. The number of esters is 1. The van der Waals surface area contributed by atoms with E-state index in [0.29, 0.717) is 16.8 Å². The van der Waals surface area contributed by atoms with Gasteiger partial charge in [0.2, 0.25) is 5.91 Å². The Morgan fingerprint density at radius 1 is 1.30 bits per heavy atom. The summed E-state index contributed by atoms with van der Waals surface area (Å²) < 4.78 is 23.9. The number of methoxy groups -OCH3 is 1. The normalized spacial score (nSPS) is 17.8. The van der Waals surface area contributed by atoms with Crippen LogP contribution in [0.2, 0.25) is 0 Å². The smallest absolute Gasteiger partial charge is 0.338 e. The maximum absolute atomic E-state index is 13.7. The molecular formula is C20H19FN2O4. The lowest BCUT2D eigenvalue weighted by Crippen LogP contribution is -2.43. The van der Waals surface area contributed by atoms with E-state index in [0.717, 1.165) is 25.1 Å². The molecule has 2 aromatic rings. The Kier molecular flexibility index (Phi) is 4.43. The zero-order chi connectivity index (χ0) is 19.0. The minimum atomic E-state index is -0.535. The Bertz CT molecular complexity index is 915. The zero-order valence-electron chi connectivity index (χ0n) is 14.8. The number of ether oxygens (including phenoxy) is 2. The van der Waals surface area contributed by atoms with E-state index in [2.05, 4.69) is 10.2 Å². The SMILES string of the molecule is COc1ccc(COC(=O)c2ccc3c(c2)NC(=O)[C@@H]2CCCN32)cc1F. The van der Waals surface area contributed by atoms with Gasteiger partial charge in [0.05, 0.1) is 24.0 Å². The van der Waals surface area contributed by atoms with Crippen LogP contribution in [0.15, 0.2) is 36.4 Å². The lowest BCUT2D eigenvalue weighted by Gasteiger charge is -2.33. The molecule has 1 fully saturated rings. The molecule has 1 atom stereocenters. The van der Waals surface area contributed by atoms with E-state index in [1.165, 1.54) is 19.2 Å². The molecule has 27 heavy (non-hydrogen) atoms. The third-order valence-corrected chi connectivity index (χ3v) is 4.94. The average Bonchev–Trinajstić information content (AvgIpc) is 3.16. The Morgan fingerprint density at radius 2 is 2.15 bits per heavy atom. The topological polar surface area (TPSA) is 67.9 Å². The molecule has 140 valence electrons. The van der Waals surface area contributed by atoms with Gasteiger partial charge in [-0.25, -0.2) is 9.18 Å². The number of fused-ring (bicyclic) bond motifs is 3. The highest BCUT2D eigenvalue weighted by Crippen LogP contribution is 2.37. The van der Waals surface area contributed by atoms with Gasteiger partial charge in [-0.3, -0.25) is 4.79 Å². The first-order valence-electron chi connectivity index (χ1n) is 8.78. The average molecular weight is 370 g/mol. The summed E-state index contributed by atoms with van der Waals surface area (Å²) in [5, 5.41) is 2.87. The second-order valence-corrected chi connectivity index (χ2v) is 6.62. The van der Waals surface area contributed by atoms with Gasteiger partial charge in [-0.05, 0) is 48.7 Å². The molecule has 0 saturated carbocycles. The van der Waals surface area contributed by atoms with E-state index in [1.54, 1.807) is 18.2 Å². The zero-order valence-corrected chi connectivity index (χ0v) is 14.8. The molecule has 0 unspecified atom stereocenters. The van der Waals surface area contributed by atoms with Crippen LogP contribution >= 0.6 is 0 Å². The summed E-state index contributed by atoms with van der Waals surface area (Å²) in [7, 11) is 1.39. The van der Waals surface area contributed by atoms with Gasteiger partial charge in [-0.15, -0.1) is 0 Å². The van der Waals surface area contributed by atoms with E-state index in [-0.39, 0.29) is 24.3 Å². The minimum absolute atomic E-state index is 0.0424. The summed E-state index contributed by atoms with van der Waals surface area (Å²) in [4.78, 5) is 26.6. The Labute approximate surface area is 155 Å². The first-order valence-corrected chi connectivity index (χ1v) is 8.78. The van der Waals surface area contributed by atoms with Crippen molar-refractivity contribution in [2.75, 3.05) is 23.9 Å². The summed E-state index contributed by atoms with van der Waals surface area (Å²) in [5.74, 6) is -0.954. The van der Waals surface area contributed by atoms with Crippen molar-refractivity contribution in [3.8, 4) is 5.75 Å². The van der Waals surface area contributed by atoms with Crippen molar-refractivity contribution in [3.63, 3.8) is 0 Å². The number of rotatable bonds is 4. The van der Waals surface area contributed by atoms with Crippen molar-refractivity contribution in [1.29, 1.82) is 0 Å². The second kappa shape index (κ2) is 6.90. The minimum Gasteiger partial charge on any atom is -0.494 e. The quantitative estimate of drug-likeness (QED) is 0.838. The van der Waals surface area contributed by atoms with Crippen molar-refractivity contribution in [3.05, 3.63) is 53.3 Å². The summed E-state index contributed by atoms with van der Waals surface area (Å²) in [5.41, 5.74) is 2.39. The van der Waals surface area contributed by atoms with Gasteiger partial charge in [-0.1, -0.05) is 6.07 Å². The molecule has 7 heteroatoms. The van der Waals surface area contributed by atoms with Gasteiger partial charge in [0.1, 0.15) is 12.6 Å². The number of hydrogen-bond acceptors (Lipinski definition) is 5. The molecule has 6 nitrogen and oxygen atoms in total. The van der Waals surface area contributed by atoms with Crippen LogP contribution in [0.1, 0.15) is 28.8 Å². The van der Waals surface area contributed by atoms with E-state index in [1.807, 2.05) is 6.07 Å². The van der Waals surface area contributed by atoms with Gasteiger partial charge in [0.25, 0.3) is 0 Å². The van der Waals surface area contributed by atoms with Crippen LogP contribution in [0.4, 0.5) is 15.8 Å². The molecule has 2 aliphatic heterocycles. The number of hydrogen-bond donors (Lipinski definition) is 1. The first kappa shape index (κ1) is 17.3. The van der Waals surface area contributed by atoms with Gasteiger partial charge in [0, 0.05) is 6.54 Å². The van der Waals surface area contributed by atoms with Crippen LogP contribution in [-0.2, 0) is 16.1 Å². The monoisotopic (exact) mass is 370 g/mol. The number of amides is 1. The predicted molar refractivity (Wildman–Crippen MR) is 97.5 cm³/mol. The van der Waals surface area contributed by atoms with E-state index in [9.17, 15) is 14.0 Å². The van der Waals surface area contributed by atoms with Gasteiger partial charge >= 0.3 is 5.97 Å². The molecule has 1 saturated heterocycles. The van der Waals surface area contributed by atoms with Crippen molar-refractivity contribution < 1.29 is 23.5 Å². The summed E-state index contributed by atoms with van der Waals surface area (Å²) in [6.45, 7) is 0.773. The Balaban J connectivity index is 1.48. The molecule has 4 rings (SSSR count). The van der Waals surface area contributed by atoms with Crippen LogP contribution in [-0.4, -0.2) is 31.6 Å². The molecule has 0 radical (unpaired) electrons. The molecule has 2 aromatic carbocycles. The Morgan fingerprint density at radius 3 is 2.93 bits per heavy atom. The van der Waals surface area contributed by atoms with Crippen molar-refractivity contribution in [1.82, 2.24) is 0 Å². The maximum atomic E-state index is 13.7. The van der Waals surface area contributed by atoms with Crippen molar-refractivity contribution in [2.24, 2.45) is 0 Å². The van der Waals surface area contributed by atoms with Gasteiger partial charge < -0.3 is 19.7 Å². The van der Waals surface area contributed by atoms with E-state index >= 15 is 0 Å². The number of halogens is 1. The highest BCUT2D eigenvalue weighted by atomic mass is 19.1. The van der Waals surface area contributed by atoms with Crippen LogP contribution in [0.3, 0.4) is 0 Å². The molecule has 0 aromatic heterocycles. The fourth-order valence-corrected chi connectivity index (χ4v) is 3.59. The molecule has 1 amide bonds. The molecule has 1 N–H and O–H groups in total. The first-order chi connectivity index (χ1) is 13.1. The van der Waals surface area contributed by atoms with Crippen LogP contribution in [0.25, 0.3) is 0 Å². The maximum Gasteiger partial charge on any atom is 0.338 e. The standard InChI is InChI=1S/C20H19FN2O4/c1-26-18-7-4-12(9-14(18)21)11-27-20(25)13-5-6-16-15(10-13)22-19(24)17-3-2-8-23(16)17/h4-7,9-10,17H,2-3,8,11H2,1H3,(H,22,24)/t17-/m0/s1. The predicted octanol–water partition coefficient (Wildman–Crippen LogP) is 3.11. The molecule has 0 aliphatic carbocycles. The number of carbonyl (C=O) groups is 2. The molecule has 0 bridgehead atoms. The van der Waals surface area contributed by atoms with Crippen molar-refractivity contribution in [2.45, 2.75) is 25.5 Å². The molecule has 0 spiro atoms. The van der Waals surface area contributed by atoms with Crippen LogP contribution < -0.4 is 15.0 Å². The highest BCUT2D eigenvalue weighted by molar-refractivity contribution is 6.05. The molecule has 2 heterocycles. The van der Waals surface area contributed by atoms with Crippen LogP contribution in [0, 0.1) is 5.82 Å². The Hall–Kier alpha value is -3.09. The number of nitrogens with zero attached hydrogens (tertiary/aromatic N) is 1. The third-order valence-electron chi connectivity index (χ3n) is 4.94. The third kappa shape index (κ3) is 3.20. The number of anilines is 2. The van der Waals surface area contributed by atoms with Gasteiger partial charge in [-0.2, -0.15) is 0 Å². The summed E-state index contributed by atoms with van der Waals surface area (Å²) >= 11 is 0. The summed E-state index contributed by atoms with van der Waals surface area (Å²) in [6, 6.07) is 9.40. The largest absolute Gasteiger partial charge is 0.494 e. The fourth-order valence-electron chi connectivity index (χ4n) is 3.59. The lowest BCUT2D eigenvalue weighted by atomic mass is 10.1. The van der Waals surface area contributed by atoms with E-state index < -0.39 is 11.8 Å². The number of carbonyl (C=O) groups excluding carboxylic acids is 2. The molecule has 2 aliphatic rings. The highest BCUT2D eigenvalue weighted by Gasteiger charge is 2.36. The van der Waals surface area contributed by atoms with E-state index in [4.69, 9.17) is 9.47 Å². The van der Waals surface area contributed by atoms with Crippen molar-refractivity contribution >= 4 is 23.3 Å². The molecular weight excluding hydrogens is 351 g/mol. The fraction of sp³-hybridized carbons (Fsp3) is 0.300.